The first kappa shape index (κ1) is 11.3. The summed E-state index contributed by atoms with van der Waals surface area (Å²) in [7, 11) is 0. The average molecular weight is 221 g/mol. The summed E-state index contributed by atoms with van der Waals surface area (Å²) in [6.45, 7) is 6.09. The lowest BCUT2D eigenvalue weighted by atomic mass is 10.1. The zero-order valence-corrected chi connectivity index (χ0v) is 10.1. The van der Waals surface area contributed by atoms with Crippen molar-refractivity contribution in [3.8, 4) is 11.5 Å². The minimum Gasteiger partial charge on any atom is -0.487 e. The van der Waals surface area contributed by atoms with E-state index in [0.717, 1.165) is 23.5 Å². The summed E-state index contributed by atoms with van der Waals surface area (Å²) in [6.07, 6.45) is 1.28. The van der Waals surface area contributed by atoms with E-state index in [2.05, 4.69) is 13.8 Å². The fraction of sp³-hybridized carbons (Fsp3) is 0.538. The van der Waals surface area contributed by atoms with Crippen LogP contribution < -0.4 is 15.2 Å². The predicted octanol–water partition coefficient (Wildman–Crippen LogP) is 2.64. The van der Waals surface area contributed by atoms with E-state index in [1.54, 1.807) is 0 Å². The number of hydrogen-bond donors (Lipinski definition) is 1. The minimum absolute atomic E-state index is 0.0184. The van der Waals surface area contributed by atoms with Crippen LogP contribution in [0.15, 0.2) is 18.2 Å². The van der Waals surface area contributed by atoms with Gasteiger partial charge in [-0.25, -0.2) is 0 Å². The molecule has 0 fully saturated rings. The molecule has 3 nitrogen and oxygen atoms in total. The van der Waals surface area contributed by atoms with Gasteiger partial charge in [0.2, 0.25) is 0 Å². The van der Waals surface area contributed by atoms with Crippen molar-refractivity contribution in [1.82, 2.24) is 0 Å². The van der Waals surface area contributed by atoms with Crippen LogP contribution in [-0.2, 0) is 0 Å². The Bertz CT molecular complexity index is 376. The van der Waals surface area contributed by atoms with Crippen LogP contribution in [0.2, 0.25) is 0 Å². The molecule has 88 valence electrons. The summed E-state index contributed by atoms with van der Waals surface area (Å²) < 4.78 is 11.6. The molecule has 0 amide bonds. The molecule has 1 aliphatic heterocycles. The van der Waals surface area contributed by atoms with Gasteiger partial charge < -0.3 is 15.2 Å². The summed E-state index contributed by atoms with van der Waals surface area (Å²) in [5.74, 6) is 1.63. The van der Waals surface area contributed by atoms with Crippen molar-refractivity contribution in [1.29, 1.82) is 0 Å². The Balaban J connectivity index is 2.34. The number of benzene rings is 1. The number of ether oxygens (including phenoxy) is 2. The van der Waals surface area contributed by atoms with Crippen LogP contribution in [0, 0.1) is 0 Å². The smallest absolute Gasteiger partial charge is 0.161 e. The molecule has 1 aromatic rings. The van der Waals surface area contributed by atoms with Gasteiger partial charge in [-0.05, 0) is 38.5 Å². The van der Waals surface area contributed by atoms with Gasteiger partial charge in [-0.1, -0.05) is 6.07 Å². The summed E-state index contributed by atoms with van der Waals surface area (Å²) in [5, 5.41) is 0. The molecular weight excluding hydrogens is 202 g/mol. The Morgan fingerprint density at radius 1 is 1.19 bits per heavy atom. The largest absolute Gasteiger partial charge is 0.487 e. The molecule has 0 saturated heterocycles. The highest BCUT2D eigenvalue weighted by Crippen LogP contribution is 2.34. The molecule has 0 radical (unpaired) electrons. The lowest BCUT2D eigenvalue weighted by molar-refractivity contribution is 0.168. The molecule has 0 spiro atoms. The molecule has 0 bridgehead atoms. The maximum Gasteiger partial charge on any atom is 0.161 e. The van der Waals surface area contributed by atoms with E-state index in [4.69, 9.17) is 15.2 Å². The second-order valence-corrected chi connectivity index (χ2v) is 4.59. The van der Waals surface area contributed by atoms with Crippen LogP contribution in [0.5, 0.6) is 11.5 Å². The van der Waals surface area contributed by atoms with E-state index in [0.29, 0.717) is 0 Å². The Kier molecular flexibility index (Phi) is 3.06. The molecule has 2 N–H and O–H groups in total. The van der Waals surface area contributed by atoms with Gasteiger partial charge in [-0.2, -0.15) is 0 Å². The number of rotatable bonds is 1. The van der Waals surface area contributed by atoms with Crippen molar-refractivity contribution >= 4 is 0 Å². The van der Waals surface area contributed by atoms with E-state index < -0.39 is 0 Å². The highest BCUT2D eigenvalue weighted by atomic mass is 16.5. The zero-order valence-electron chi connectivity index (χ0n) is 10.1. The number of fused-ring (bicyclic) bond motifs is 1. The highest BCUT2D eigenvalue weighted by Gasteiger charge is 2.20. The van der Waals surface area contributed by atoms with Gasteiger partial charge in [0.1, 0.15) is 0 Å². The molecule has 3 atom stereocenters. The van der Waals surface area contributed by atoms with Crippen molar-refractivity contribution in [3.63, 3.8) is 0 Å². The Morgan fingerprint density at radius 3 is 2.44 bits per heavy atom. The number of hydrogen-bond acceptors (Lipinski definition) is 3. The van der Waals surface area contributed by atoms with E-state index >= 15 is 0 Å². The quantitative estimate of drug-likeness (QED) is 0.793. The maximum atomic E-state index is 5.85. The van der Waals surface area contributed by atoms with Crippen LogP contribution in [0.3, 0.4) is 0 Å². The van der Waals surface area contributed by atoms with Gasteiger partial charge in [0.15, 0.2) is 11.5 Å². The van der Waals surface area contributed by atoms with Crippen molar-refractivity contribution in [3.05, 3.63) is 23.8 Å². The second kappa shape index (κ2) is 4.34. The molecule has 1 heterocycles. The monoisotopic (exact) mass is 221 g/mol. The minimum atomic E-state index is 0.0184. The molecule has 1 aromatic carbocycles. The van der Waals surface area contributed by atoms with Crippen LogP contribution in [-0.4, -0.2) is 12.2 Å². The maximum absolute atomic E-state index is 5.85. The van der Waals surface area contributed by atoms with Gasteiger partial charge in [0.25, 0.3) is 0 Å². The van der Waals surface area contributed by atoms with Crippen LogP contribution >= 0.6 is 0 Å². The SMILES string of the molecule is CC1CC(C)Oc2cc(C(C)N)ccc2O1. The Labute approximate surface area is 96.5 Å². The molecule has 0 saturated carbocycles. The molecule has 0 aromatic heterocycles. The van der Waals surface area contributed by atoms with E-state index in [-0.39, 0.29) is 18.2 Å². The highest BCUT2D eigenvalue weighted by molar-refractivity contribution is 5.44. The standard InChI is InChI=1S/C13H19NO2/c1-8-6-9(2)16-13-7-11(10(3)14)4-5-12(13)15-8/h4-5,7-10H,6,14H2,1-3H3. The summed E-state index contributed by atoms with van der Waals surface area (Å²) >= 11 is 0. The van der Waals surface area contributed by atoms with E-state index in [1.807, 2.05) is 25.1 Å². The average Bonchev–Trinajstić information content (AvgIpc) is 2.32. The summed E-state index contributed by atoms with van der Waals surface area (Å²) in [4.78, 5) is 0. The Morgan fingerprint density at radius 2 is 1.81 bits per heavy atom. The summed E-state index contributed by atoms with van der Waals surface area (Å²) in [5.41, 5.74) is 6.92. The molecule has 16 heavy (non-hydrogen) atoms. The Hall–Kier alpha value is -1.22. The molecule has 3 unspecified atom stereocenters. The third-order valence-corrected chi connectivity index (χ3v) is 2.81. The first-order valence-corrected chi connectivity index (χ1v) is 5.79. The lowest BCUT2D eigenvalue weighted by Gasteiger charge is -2.13. The predicted molar refractivity (Wildman–Crippen MR) is 63.8 cm³/mol. The van der Waals surface area contributed by atoms with Gasteiger partial charge in [-0.15, -0.1) is 0 Å². The van der Waals surface area contributed by atoms with Crippen LogP contribution in [0.25, 0.3) is 0 Å². The van der Waals surface area contributed by atoms with Gasteiger partial charge in [0, 0.05) is 12.5 Å². The summed E-state index contributed by atoms with van der Waals surface area (Å²) in [6, 6.07) is 5.94. The first-order valence-electron chi connectivity index (χ1n) is 5.79. The second-order valence-electron chi connectivity index (χ2n) is 4.59. The molecule has 0 aliphatic carbocycles. The van der Waals surface area contributed by atoms with Crippen molar-refractivity contribution < 1.29 is 9.47 Å². The number of nitrogens with two attached hydrogens (primary N) is 1. The van der Waals surface area contributed by atoms with Crippen LogP contribution in [0.4, 0.5) is 0 Å². The topological polar surface area (TPSA) is 44.5 Å². The molecule has 1 aliphatic rings. The lowest BCUT2D eigenvalue weighted by Crippen LogP contribution is -2.18. The van der Waals surface area contributed by atoms with Crippen LogP contribution in [0.1, 0.15) is 38.8 Å². The van der Waals surface area contributed by atoms with E-state index in [1.165, 1.54) is 0 Å². The molecule has 3 heteroatoms. The fourth-order valence-electron chi connectivity index (χ4n) is 1.99. The van der Waals surface area contributed by atoms with E-state index in [9.17, 15) is 0 Å². The fourth-order valence-corrected chi connectivity index (χ4v) is 1.99. The van der Waals surface area contributed by atoms with Crippen molar-refractivity contribution in [2.45, 2.75) is 45.4 Å². The third kappa shape index (κ3) is 2.30. The first-order chi connectivity index (χ1) is 7.56. The zero-order chi connectivity index (χ0) is 11.7. The van der Waals surface area contributed by atoms with Gasteiger partial charge in [-0.3, -0.25) is 0 Å². The molecular formula is C13H19NO2. The van der Waals surface area contributed by atoms with Crippen molar-refractivity contribution in [2.24, 2.45) is 5.73 Å². The third-order valence-electron chi connectivity index (χ3n) is 2.81. The van der Waals surface area contributed by atoms with Gasteiger partial charge in [0.05, 0.1) is 12.2 Å². The normalized spacial score (nSPS) is 26.0. The van der Waals surface area contributed by atoms with Gasteiger partial charge >= 0.3 is 0 Å². The molecule has 2 rings (SSSR count). The van der Waals surface area contributed by atoms with Crippen molar-refractivity contribution in [2.75, 3.05) is 0 Å².